The maximum Gasteiger partial charge on any atom is 0.238 e. The molecule has 1 aliphatic heterocycles. The van der Waals surface area contributed by atoms with E-state index in [0.29, 0.717) is 48.6 Å². The highest BCUT2D eigenvalue weighted by Crippen LogP contribution is 2.19. The highest BCUT2D eigenvalue weighted by atomic mass is 32.2. The second kappa shape index (κ2) is 9.82. The summed E-state index contributed by atoms with van der Waals surface area (Å²) in [6.07, 6.45) is 3.73. The van der Waals surface area contributed by atoms with Crippen molar-refractivity contribution >= 4 is 22.4 Å². The van der Waals surface area contributed by atoms with Crippen LogP contribution in [0.5, 0.6) is 0 Å². The highest BCUT2D eigenvalue weighted by Gasteiger charge is 2.20. The Hall–Kier alpha value is -2.78. The van der Waals surface area contributed by atoms with Crippen molar-refractivity contribution in [3.8, 4) is 11.6 Å². The number of amides is 1. The van der Waals surface area contributed by atoms with Crippen LogP contribution in [0.1, 0.15) is 30.7 Å². The summed E-state index contributed by atoms with van der Waals surface area (Å²) in [7, 11) is -0.945. The lowest BCUT2D eigenvalue weighted by molar-refractivity contribution is -0.116. The molecule has 3 aromatic rings. The van der Waals surface area contributed by atoms with Crippen molar-refractivity contribution in [2.75, 3.05) is 18.5 Å². The smallest absolute Gasteiger partial charge is 0.238 e. The zero-order chi connectivity index (χ0) is 20.8. The van der Waals surface area contributed by atoms with E-state index in [1.165, 1.54) is 6.26 Å². The fourth-order valence-corrected chi connectivity index (χ4v) is 4.73. The summed E-state index contributed by atoms with van der Waals surface area (Å²) < 4.78 is 28.3. The number of nitrogens with one attached hydrogen (secondary N) is 1. The molecule has 1 N–H and O–H groups in total. The van der Waals surface area contributed by atoms with Crippen LogP contribution in [0.2, 0.25) is 0 Å². The van der Waals surface area contributed by atoms with Crippen LogP contribution >= 0.6 is 0 Å². The number of anilines is 1. The molecular formula is C21H23N3O5S. The van der Waals surface area contributed by atoms with Crippen LogP contribution in [-0.4, -0.2) is 38.7 Å². The summed E-state index contributed by atoms with van der Waals surface area (Å²) >= 11 is 0. The quantitative estimate of drug-likeness (QED) is 0.585. The first-order valence-electron chi connectivity index (χ1n) is 9.87. The standard InChI is InChI=1S/C21H23N3O5S/c25-19(6-7-20-23-21(24-29-20)18-5-2-10-28-18)22-16-4-1-3-15(13-16)14-30(26)17-8-11-27-12-9-17/h1-5,10,13,17H,6-9,11-12,14H2,(H,22,25). The van der Waals surface area contributed by atoms with Crippen molar-refractivity contribution in [1.82, 2.24) is 10.1 Å². The minimum atomic E-state index is -0.945. The Labute approximate surface area is 176 Å². The van der Waals surface area contributed by atoms with Gasteiger partial charge in [-0.3, -0.25) is 9.00 Å². The summed E-state index contributed by atoms with van der Waals surface area (Å²) in [6, 6.07) is 11.0. The van der Waals surface area contributed by atoms with Crippen LogP contribution in [0.3, 0.4) is 0 Å². The highest BCUT2D eigenvalue weighted by molar-refractivity contribution is 7.84. The first kappa shape index (κ1) is 20.5. The molecular weight excluding hydrogens is 406 g/mol. The molecule has 3 heterocycles. The SMILES string of the molecule is O=C(CCc1nc(-c2ccco2)no1)Nc1cccc(CS(=O)C2CCOCC2)c1. The Morgan fingerprint density at radius 3 is 2.87 bits per heavy atom. The first-order valence-corrected chi connectivity index (χ1v) is 11.3. The zero-order valence-corrected chi connectivity index (χ0v) is 17.2. The van der Waals surface area contributed by atoms with E-state index in [0.717, 1.165) is 18.4 Å². The van der Waals surface area contributed by atoms with Crippen LogP contribution in [0.25, 0.3) is 11.6 Å². The third kappa shape index (κ3) is 5.43. The molecule has 1 unspecified atom stereocenters. The second-order valence-electron chi connectivity index (χ2n) is 7.07. The third-order valence-corrected chi connectivity index (χ3v) is 6.67. The molecule has 0 aliphatic carbocycles. The molecule has 158 valence electrons. The number of ether oxygens (including phenoxy) is 1. The molecule has 0 spiro atoms. The van der Waals surface area contributed by atoms with Crippen LogP contribution in [-0.2, 0) is 32.5 Å². The van der Waals surface area contributed by atoms with E-state index in [4.69, 9.17) is 13.7 Å². The maximum absolute atomic E-state index is 12.6. The van der Waals surface area contributed by atoms with Crippen molar-refractivity contribution in [2.24, 2.45) is 0 Å². The molecule has 1 fully saturated rings. The topological polar surface area (TPSA) is 107 Å². The summed E-state index contributed by atoms with van der Waals surface area (Å²) in [5, 5.41) is 6.90. The van der Waals surface area contributed by atoms with Crippen LogP contribution in [0.4, 0.5) is 5.69 Å². The number of nitrogens with zero attached hydrogens (tertiary/aromatic N) is 2. The van der Waals surface area contributed by atoms with Gasteiger partial charge in [0.2, 0.25) is 17.6 Å². The van der Waals surface area contributed by atoms with E-state index < -0.39 is 10.8 Å². The molecule has 8 nitrogen and oxygen atoms in total. The number of carbonyl (C=O) groups is 1. The van der Waals surface area contributed by atoms with Gasteiger partial charge in [0, 0.05) is 53.5 Å². The van der Waals surface area contributed by atoms with Crippen LogP contribution in [0, 0.1) is 0 Å². The molecule has 1 saturated heterocycles. The summed E-state index contributed by atoms with van der Waals surface area (Å²) in [5.74, 6) is 1.57. The van der Waals surface area contributed by atoms with Crippen molar-refractivity contribution in [1.29, 1.82) is 0 Å². The monoisotopic (exact) mass is 429 g/mol. The van der Waals surface area contributed by atoms with Gasteiger partial charge in [0.1, 0.15) is 0 Å². The Kier molecular flexibility index (Phi) is 6.70. The summed E-state index contributed by atoms with van der Waals surface area (Å²) in [4.78, 5) is 16.5. The minimum Gasteiger partial charge on any atom is -0.461 e. The zero-order valence-electron chi connectivity index (χ0n) is 16.4. The minimum absolute atomic E-state index is 0.157. The average Bonchev–Trinajstić information content (AvgIpc) is 3.45. The van der Waals surface area contributed by atoms with E-state index in [2.05, 4.69) is 15.5 Å². The number of rotatable bonds is 8. The van der Waals surface area contributed by atoms with Crippen LogP contribution in [0.15, 0.2) is 51.6 Å². The molecule has 1 aliphatic rings. The maximum atomic E-state index is 12.6. The van der Waals surface area contributed by atoms with Gasteiger partial charge in [0.25, 0.3) is 0 Å². The van der Waals surface area contributed by atoms with Crippen molar-refractivity contribution in [3.05, 3.63) is 54.1 Å². The fourth-order valence-electron chi connectivity index (χ4n) is 3.27. The number of carbonyl (C=O) groups excluding carboxylic acids is 1. The molecule has 0 radical (unpaired) electrons. The number of aromatic nitrogens is 2. The number of hydrogen-bond acceptors (Lipinski definition) is 7. The van der Waals surface area contributed by atoms with Crippen molar-refractivity contribution in [2.45, 2.75) is 36.7 Å². The van der Waals surface area contributed by atoms with Gasteiger partial charge in [-0.25, -0.2) is 0 Å². The van der Waals surface area contributed by atoms with Gasteiger partial charge < -0.3 is 19.0 Å². The predicted octanol–water partition coefficient (Wildman–Crippen LogP) is 3.33. The Morgan fingerprint density at radius 2 is 2.07 bits per heavy atom. The van der Waals surface area contributed by atoms with Gasteiger partial charge >= 0.3 is 0 Å². The molecule has 9 heteroatoms. The normalized spacial score (nSPS) is 15.7. The number of hydrogen-bond donors (Lipinski definition) is 1. The van der Waals surface area contributed by atoms with Crippen molar-refractivity contribution in [3.63, 3.8) is 0 Å². The molecule has 2 aromatic heterocycles. The Bertz CT molecular complexity index is 996. The van der Waals surface area contributed by atoms with E-state index in [-0.39, 0.29) is 17.6 Å². The van der Waals surface area contributed by atoms with Gasteiger partial charge in [0.05, 0.1) is 6.26 Å². The van der Waals surface area contributed by atoms with Crippen molar-refractivity contribution < 1.29 is 22.7 Å². The van der Waals surface area contributed by atoms with E-state index in [1.54, 1.807) is 12.1 Å². The van der Waals surface area contributed by atoms with Crippen LogP contribution < -0.4 is 5.32 Å². The fraction of sp³-hybridized carbons (Fsp3) is 0.381. The predicted molar refractivity (Wildman–Crippen MR) is 111 cm³/mol. The third-order valence-electron chi connectivity index (χ3n) is 4.84. The van der Waals surface area contributed by atoms with Gasteiger partial charge in [-0.05, 0) is 42.7 Å². The van der Waals surface area contributed by atoms with E-state index in [1.807, 2.05) is 24.3 Å². The largest absolute Gasteiger partial charge is 0.461 e. The number of furan rings is 1. The molecule has 0 saturated carbocycles. The lowest BCUT2D eigenvalue weighted by Gasteiger charge is -2.21. The Balaban J connectivity index is 1.28. The second-order valence-corrected chi connectivity index (χ2v) is 8.79. The molecule has 4 rings (SSSR count). The number of benzene rings is 1. The van der Waals surface area contributed by atoms with Gasteiger partial charge in [-0.1, -0.05) is 17.3 Å². The number of aryl methyl sites for hydroxylation is 1. The molecule has 1 amide bonds. The average molecular weight is 429 g/mol. The van der Waals surface area contributed by atoms with E-state index in [9.17, 15) is 9.00 Å². The first-order chi connectivity index (χ1) is 14.7. The summed E-state index contributed by atoms with van der Waals surface area (Å²) in [6.45, 7) is 1.35. The molecule has 1 atom stereocenters. The van der Waals surface area contributed by atoms with Gasteiger partial charge in [0.15, 0.2) is 5.76 Å². The van der Waals surface area contributed by atoms with Gasteiger partial charge in [-0.2, -0.15) is 4.98 Å². The lowest BCUT2D eigenvalue weighted by atomic mass is 10.2. The van der Waals surface area contributed by atoms with Gasteiger partial charge in [-0.15, -0.1) is 0 Å². The molecule has 0 bridgehead atoms. The summed E-state index contributed by atoms with van der Waals surface area (Å²) in [5.41, 5.74) is 1.63. The molecule has 30 heavy (non-hydrogen) atoms. The molecule has 1 aromatic carbocycles. The lowest BCUT2D eigenvalue weighted by Crippen LogP contribution is -2.25. The Morgan fingerprint density at radius 1 is 1.20 bits per heavy atom. The van der Waals surface area contributed by atoms with E-state index >= 15 is 0 Å².